The lowest BCUT2D eigenvalue weighted by Crippen LogP contribution is -2.61. The lowest BCUT2D eigenvalue weighted by atomic mass is 9.73. The molecule has 14 atom stereocenters. The number of hydrogen-bond donors (Lipinski definition) is 1. The van der Waals surface area contributed by atoms with Gasteiger partial charge >= 0.3 is 18.1 Å². The number of aliphatic hydroxyl groups is 1. The number of benzene rings is 1. The van der Waals surface area contributed by atoms with Crippen LogP contribution >= 0.6 is 0 Å². The van der Waals surface area contributed by atoms with E-state index in [0.29, 0.717) is 12.1 Å². The van der Waals surface area contributed by atoms with Gasteiger partial charge in [0.05, 0.1) is 47.1 Å². The number of nitrogens with zero attached hydrogens (tertiary/aromatic N) is 3. The molecule has 0 aliphatic carbocycles. The molecule has 0 bridgehead atoms. The lowest BCUT2D eigenvalue weighted by Gasteiger charge is -2.48. The van der Waals surface area contributed by atoms with Crippen molar-refractivity contribution in [2.45, 2.75) is 142 Å². The van der Waals surface area contributed by atoms with Gasteiger partial charge in [0, 0.05) is 43.4 Å². The van der Waals surface area contributed by atoms with Crippen molar-refractivity contribution in [1.82, 2.24) is 9.88 Å². The highest BCUT2D eigenvalue weighted by Crippen LogP contribution is 2.43. The van der Waals surface area contributed by atoms with Gasteiger partial charge in [-0.1, -0.05) is 57.1 Å². The van der Waals surface area contributed by atoms with E-state index in [9.17, 15) is 19.5 Å². The molecule has 2 aromatic rings. The predicted octanol–water partition coefficient (Wildman–Crippen LogP) is 6.33. The molecule has 1 aromatic heterocycles. The minimum atomic E-state index is -1.41. The van der Waals surface area contributed by atoms with Crippen LogP contribution in [0.5, 0.6) is 0 Å². The molecule has 3 fully saturated rings. The molecular weight excluding hydrogens is 775 g/mol. The van der Waals surface area contributed by atoms with Gasteiger partial charge < -0.3 is 48.0 Å². The molecule has 60 heavy (non-hydrogen) atoms. The Morgan fingerprint density at radius 1 is 1.08 bits per heavy atom. The summed E-state index contributed by atoms with van der Waals surface area (Å²) in [6.45, 7) is 16.0. The first-order valence-electron chi connectivity index (χ1n) is 21.0. The predicted molar refractivity (Wildman–Crippen MR) is 224 cm³/mol. The van der Waals surface area contributed by atoms with Gasteiger partial charge in [0.1, 0.15) is 12.7 Å². The summed E-state index contributed by atoms with van der Waals surface area (Å²) < 4.78 is 43.4. The SMILES string of the molecule is CC[C@H]1OC(=O)[C@H](C)[C@@H](O)[C@H](C)[C@@H](O[C@@H]2O[C@H](C)C[C@H](N(C)C)[C@H]2OC(C)=O)[C@](C)(OC)C[C@@H](C)/C(=N\OC/C=C/c2cnc3ccccc3c2)[C@H](C)[C@H]2OC(=O)O[C@@]21C. The van der Waals surface area contributed by atoms with Crippen molar-refractivity contribution in [2.24, 2.45) is 28.8 Å². The Morgan fingerprint density at radius 2 is 1.80 bits per heavy atom. The van der Waals surface area contributed by atoms with E-state index in [2.05, 4.69) is 4.98 Å². The molecule has 3 aliphatic rings. The fourth-order valence-corrected chi connectivity index (χ4v) is 9.21. The van der Waals surface area contributed by atoms with E-state index in [1.54, 1.807) is 34.1 Å². The van der Waals surface area contributed by atoms with Gasteiger partial charge in [-0.25, -0.2) is 4.79 Å². The summed E-state index contributed by atoms with van der Waals surface area (Å²) in [5, 5.41) is 17.8. The summed E-state index contributed by atoms with van der Waals surface area (Å²) in [7, 11) is 5.36. The zero-order chi connectivity index (χ0) is 44.1. The molecule has 0 amide bonds. The molecular formula is C45H65N3O12. The number of cyclic esters (lactones) is 1. The summed E-state index contributed by atoms with van der Waals surface area (Å²) in [5.41, 5.74) is -0.291. The van der Waals surface area contributed by atoms with Crippen LogP contribution in [0.15, 0.2) is 47.8 Å². The van der Waals surface area contributed by atoms with Crippen LogP contribution in [0.4, 0.5) is 4.79 Å². The molecule has 0 spiro atoms. The van der Waals surface area contributed by atoms with E-state index in [4.69, 9.17) is 43.2 Å². The number of carbonyl (C=O) groups excluding carboxylic acids is 3. The largest absolute Gasteiger partial charge is 0.509 e. The highest BCUT2D eigenvalue weighted by Gasteiger charge is 2.59. The molecule has 1 N–H and O–H groups in total. The van der Waals surface area contributed by atoms with Crippen molar-refractivity contribution < 1.29 is 57.5 Å². The number of para-hydroxylation sites is 1. The molecule has 5 rings (SSSR count). The minimum absolute atomic E-state index is 0.110. The second-order valence-electron chi connectivity index (χ2n) is 17.3. The van der Waals surface area contributed by atoms with Crippen LogP contribution in [0.1, 0.15) is 87.1 Å². The fraction of sp³-hybridized carbons (Fsp3) is 0.667. The molecule has 1 aromatic carbocycles. The molecule has 332 valence electrons. The number of methoxy groups -OCH3 is 1. The number of carbonyl (C=O) groups is 3. The first kappa shape index (κ1) is 46.9. The number of ether oxygens (including phenoxy) is 7. The van der Waals surface area contributed by atoms with Crippen molar-refractivity contribution in [3.05, 3.63) is 48.2 Å². The van der Waals surface area contributed by atoms with E-state index in [-0.39, 0.29) is 31.6 Å². The molecule has 0 radical (unpaired) electrons. The van der Waals surface area contributed by atoms with Crippen molar-refractivity contribution in [3.8, 4) is 0 Å². The van der Waals surface area contributed by atoms with E-state index >= 15 is 0 Å². The summed E-state index contributed by atoms with van der Waals surface area (Å²) in [5.74, 6) is -4.05. The third kappa shape index (κ3) is 10.3. The van der Waals surface area contributed by atoms with Crippen LogP contribution in [0, 0.1) is 23.7 Å². The van der Waals surface area contributed by atoms with Gasteiger partial charge in [0.25, 0.3) is 0 Å². The molecule has 4 heterocycles. The number of hydrogen-bond acceptors (Lipinski definition) is 15. The van der Waals surface area contributed by atoms with Gasteiger partial charge in [-0.15, -0.1) is 0 Å². The van der Waals surface area contributed by atoms with Gasteiger partial charge in [0.2, 0.25) is 0 Å². The summed E-state index contributed by atoms with van der Waals surface area (Å²) in [4.78, 5) is 51.9. The van der Waals surface area contributed by atoms with Crippen LogP contribution in [0.3, 0.4) is 0 Å². The third-order valence-corrected chi connectivity index (χ3v) is 12.6. The smallest absolute Gasteiger partial charge is 0.458 e. The molecule has 15 nitrogen and oxygen atoms in total. The zero-order valence-corrected chi connectivity index (χ0v) is 37.2. The number of pyridine rings is 1. The number of likely N-dealkylation sites (N-methyl/N-ethyl adjacent to an activating group) is 1. The third-order valence-electron chi connectivity index (χ3n) is 12.6. The van der Waals surface area contributed by atoms with Crippen molar-refractivity contribution in [2.75, 3.05) is 27.8 Å². The van der Waals surface area contributed by atoms with Crippen LogP contribution < -0.4 is 0 Å². The second kappa shape index (κ2) is 19.7. The minimum Gasteiger partial charge on any atom is -0.458 e. The van der Waals surface area contributed by atoms with E-state index in [1.807, 2.05) is 96.1 Å². The Labute approximate surface area is 354 Å². The van der Waals surface area contributed by atoms with Gasteiger partial charge in [-0.3, -0.25) is 14.6 Å². The Balaban J connectivity index is 1.56. The maximum Gasteiger partial charge on any atom is 0.509 e. The molecule has 3 aliphatic heterocycles. The Kier molecular flexibility index (Phi) is 15.4. The Bertz CT molecular complexity index is 1870. The van der Waals surface area contributed by atoms with Crippen LogP contribution in [-0.4, -0.2) is 127 Å². The molecule has 0 saturated carbocycles. The number of aromatic nitrogens is 1. The van der Waals surface area contributed by atoms with Crippen LogP contribution in [0.2, 0.25) is 0 Å². The normalized spacial score (nSPS) is 37.6. The number of aliphatic hydroxyl groups excluding tert-OH is 1. The Morgan fingerprint density at radius 3 is 2.47 bits per heavy atom. The average molecular weight is 840 g/mol. The van der Waals surface area contributed by atoms with E-state index in [0.717, 1.165) is 16.5 Å². The summed E-state index contributed by atoms with van der Waals surface area (Å²) >= 11 is 0. The quantitative estimate of drug-likeness (QED) is 0.122. The maximum atomic E-state index is 14.0. The first-order valence-corrected chi connectivity index (χ1v) is 21.0. The maximum absolute atomic E-state index is 14.0. The number of oxime groups is 1. The number of esters is 2. The highest BCUT2D eigenvalue weighted by atomic mass is 16.8. The lowest BCUT2D eigenvalue weighted by molar-refractivity contribution is -0.303. The first-order chi connectivity index (χ1) is 28.3. The second-order valence-corrected chi connectivity index (χ2v) is 17.3. The van der Waals surface area contributed by atoms with E-state index in [1.165, 1.54) is 6.92 Å². The van der Waals surface area contributed by atoms with Gasteiger partial charge in [0.15, 0.2) is 24.1 Å². The Hall–Kier alpha value is -4.15. The zero-order valence-electron chi connectivity index (χ0n) is 37.2. The molecule has 15 heteroatoms. The van der Waals surface area contributed by atoms with Gasteiger partial charge in [-0.05, 0) is 84.8 Å². The highest BCUT2D eigenvalue weighted by molar-refractivity contribution is 5.89. The number of rotatable bonds is 10. The van der Waals surface area contributed by atoms with Crippen LogP contribution in [0.25, 0.3) is 17.0 Å². The summed E-state index contributed by atoms with van der Waals surface area (Å²) in [6, 6.07) is 9.66. The topological polar surface area (TPSA) is 174 Å². The fourth-order valence-electron chi connectivity index (χ4n) is 9.21. The van der Waals surface area contributed by atoms with Crippen molar-refractivity contribution in [1.29, 1.82) is 0 Å². The molecule has 3 saturated heterocycles. The van der Waals surface area contributed by atoms with Crippen molar-refractivity contribution in [3.63, 3.8) is 0 Å². The average Bonchev–Trinajstić information content (AvgIpc) is 3.52. The molecule has 0 unspecified atom stereocenters. The van der Waals surface area contributed by atoms with Crippen molar-refractivity contribution >= 4 is 40.8 Å². The van der Waals surface area contributed by atoms with Gasteiger partial charge in [-0.2, -0.15) is 0 Å². The standard InChI is InChI=1S/C45H65N3O12/c1-13-35-45(9)40(59-43(52)60-45)27(4)36(47-54-20-16-17-31-22-32-18-14-15-19-33(32)46-24-31)25(2)23-44(8,53-12)39(28(5)37(50)29(6)41(51)57-35)58-42-38(56-30(7)49)34(48(10)11)21-26(3)55-42/h14-19,22,24-29,34-35,37-40,42,50H,13,20-21,23H2,1-12H3/b17-16+,47-36+/t25-,26-,27+,28+,29-,34+,35-,37+,38-,39-,40-,42+,44-,45-/m1/s1. The van der Waals surface area contributed by atoms with E-state index < -0.39 is 89.8 Å². The number of fused-ring (bicyclic) bond motifs is 2. The monoisotopic (exact) mass is 839 g/mol. The van der Waals surface area contributed by atoms with Crippen LogP contribution in [-0.2, 0) is 47.6 Å². The summed E-state index contributed by atoms with van der Waals surface area (Å²) in [6.07, 6.45) is -0.558.